The van der Waals surface area contributed by atoms with Crippen LogP contribution in [0.1, 0.15) is 30.4 Å². The molecular weight excluding hydrogens is 391 g/mol. The summed E-state index contributed by atoms with van der Waals surface area (Å²) in [5.74, 6) is 2.44. The quantitative estimate of drug-likeness (QED) is 0.180. The van der Waals surface area contributed by atoms with Crippen LogP contribution in [0.3, 0.4) is 0 Å². The molecule has 0 radical (unpaired) electrons. The molecule has 1 aromatic carbocycles. The first-order valence-electron chi connectivity index (χ1n) is 7.05. The molecule has 1 amide bonds. The fourth-order valence-corrected chi connectivity index (χ4v) is 2.74. The highest BCUT2D eigenvalue weighted by Gasteiger charge is 2.20. The zero-order valence-corrected chi connectivity index (χ0v) is 14.4. The first kappa shape index (κ1) is 16.6. The molecule has 0 atom stereocenters. The number of anilines is 1. The third kappa shape index (κ3) is 3.89. The SMILES string of the molecule is C#CCCCO/N=C1/CCc2cc(N(I)C(=O)C=C)ccc21. The van der Waals surface area contributed by atoms with Gasteiger partial charge in [0.1, 0.15) is 6.61 Å². The van der Waals surface area contributed by atoms with Gasteiger partial charge in [-0.1, -0.05) is 17.8 Å². The molecule has 1 aliphatic carbocycles. The van der Waals surface area contributed by atoms with Crippen LogP contribution in [0.15, 0.2) is 36.0 Å². The van der Waals surface area contributed by atoms with E-state index in [0.717, 1.165) is 36.2 Å². The summed E-state index contributed by atoms with van der Waals surface area (Å²) in [6.45, 7) is 4.04. The Balaban J connectivity index is 2.07. The number of oxime groups is 1. The Kier molecular flexibility index (Phi) is 6.01. The number of amides is 1. The Morgan fingerprint density at radius 2 is 2.36 bits per heavy atom. The first-order valence-corrected chi connectivity index (χ1v) is 8.01. The van der Waals surface area contributed by atoms with Gasteiger partial charge in [0.25, 0.3) is 5.91 Å². The molecule has 0 unspecified atom stereocenters. The van der Waals surface area contributed by atoms with Gasteiger partial charge in [-0.15, -0.1) is 12.3 Å². The summed E-state index contributed by atoms with van der Waals surface area (Å²) < 4.78 is 1.55. The minimum absolute atomic E-state index is 0.135. The molecule has 0 N–H and O–H groups in total. The molecule has 1 aromatic rings. The Morgan fingerprint density at radius 1 is 1.55 bits per heavy atom. The summed E-state index contributed by atoms with van der Waals surface area (Å²) in [4.78, 5) is 17.0. The van der Waals surface area contributed by atoms with Crippen molar-refractivity contribution in [1.82, 2.24) is 0 Å². The fraction of sp³-hybridized carbons (Fsp3) is 0.294. The van der Waals surface area contributed by atoms with Crippen LogP contribution < -0.4 is 3.11 Å². The normalized spacial score (nSPS) is 14.3. The van der Waals surface area contributed by atoms with Crippen molar-refractivity contribution < 1.29 is 9.63 Å². The lowest BCUT2D eigenvalue weighted by Gasteiger charge is -2.13. The molecule has 5 heteroatoms. The lowest BCUT2D eigenvalue weighted by atomic mass is 10.1. The van der Waals surface area contributed by atoms with Gasteiger partial charge in [0.2, 0.25) is 0 Å². The van der Waals surface area contributed by atoms with Gasteiger partial charge >= 0.3 is 0 Å². The van der Waals surface area contributed by atoms with Crippen LogP contribution in [0.5, 0.6) is 0 Å². The molecule has 0 spiro atoms. The minimum atomic E-state index is -0.135. The highest BCUT2D eigenvalue weighted by atomic mass is 127. The molecule has 0 bridgehead atoms. The van der Waals surface area contributed by atoms with Gasteiger partial charge in [-0.2, -0.15) is 0 Å². The third-order valence-corrected chi connectivity index (χ3v) is 4.39. The molecule has 0 saturated heterocycles. The number of carbonyl (C=O) groups is 1. The smallest absolute Gasteiger partial charge is 0.259 e. The summed E-state index contributed by atoms with van der Waals surface area (Å²) in [5, 5.41) is 4.21. The number of fused-ring (bicyclic) bond motifs is 1. The Morgan fingerprint density at radius 3 is 3.09 bits per heavy atom. The van der Waals surface area contributed by atoms with Crippen LogP contribution in [0.2, 0.25) is 0 Å². The van der Waals surface area contributed by atoms with Crippen LogP contribution in [0.4, 0.5) is 5.69 Å². The van der Waals surface area contributed by atoms with E-state index < -0.39 is 0 Å². The first-order chi connectivity index (χ1) is 10.7. The second-order valence-electron chi connectivity index (χ2n) is 4.84. The number of carbonyl (C=O) groups excluding carboxylic acids is 1. The predicted octanol–water partition coefficient (Wildman–Crippen LogP) is 3.64. The van der Waals surface area contributed by atoms with Crippen molar-refractivity contribution >= 4 is 40.2 Å². The van der Waals surface area contributed by atoms with E-state index in [9.17, 15) is 4.79 Å². The summed E-state index contributed by atoms with van der Waals surface area (Å²) in [5.41, 5.74) is 4.08. The highest BCUT2D eigenvalue weighted by molar-refractivity contribution is 14.1. The molecular formula is C17H17IN2O2. The second-order valence-corrected chi connectivity index (χ2v) is 5.81. The predicted molar refractivity (Wildman–Crippen MR) is 97.0 cm³/mol. The molecule has 0 aliphatic heterocycles. The van der Waals surface area contributed by atoms with Gasteiger partial charge in [0, 0.05) is 12.0 Å². The van der Waals surface area contributed by atoms with Crippen molar-refractivity contribution in [3.05, 3.63) is 42.0 Å². The van der Waals surface area contributed by atoms with E-state index in [-0.39, 0.29) is 5.91 Å². The average Bonchev–Trinajstić information content (AvgIpc) is 2.95. The van der Waals surface area contributed by atoms with Gasteiger partial charge in [-0.05, 0) is 43.0 Å². The number of hydrogen-bond donors (Lipinski definition) is 0. The maximum absolute atomic E-state index is 11.6. The Hall–Kier alpha value is -1.81. The maximum atomic E-state index is 11.6. The van der Waals surface area contributed by atoms with Crippen molar-refractivity contribution in [2.45, 2.75) is 25.7 Å². The van der Waals surface area contributed by atoms with E-state index in [0.29, 0.717) is 13.0 Å². The topological polar surface area (TPSA) is 41.9 Å². The zero-order valence-electron chi connectivity index (χ0n) is 12.2. The zero-order chi connectivity index (χ0) is 15.9. The lowest BCUT2D eigenvalue weighted by Crippen LogP contribution is -2.16. The van der Waals surface area contributed by atoms with Gasteiger partial charge < -0.3 is 4.84 Å². The van der Waals surface area contributed by atoms with E-state index in [2.05, 4.69) is 17.7 Å². The largest absolute Gasteiger partial charge is 0.396 e. The van der Waals surface area contributed by atoms with Crippen molar-refractivity contribution in [2.24, 2.45) is 5.16 Å². The van der Waals surface area contributed by atoms with Crippen molar-refractivity contribution in [3.63, 3.8) is 0 Å². The standard InChI is InChI=1S/C17H17IN2O2/c1-3-5-6-11-22-19-16-10-7-13-12-14(8-9-15(13)16)20(18)17(21)4-2/h1,4,8-9,12H,2,5-7,10-11H2/b19-16-. The molecule has 1 aliphatic rings. The number of benzene rings is 1. The van der Waals surface area contributed by atoms with Crippen LogP contribution in [0.25, 0.3) is 0 Å². The summed E-state index contributed by atoms with van der Waals surface area (Å²) in [6, 6.07) is 5.92. The molecule has 0 saturated carbocycles. The van der Waals surface area contributed by atoms with Crippen LogP contribution in [-0.4, -0.2) is 18.2 Å². The summed E-state index contributed by atoms with van der Waals surface area (Å²) in [6.07, 6.45) is 9.76. The Bertz CT molecular complexity index is 647. The molecule has 0 heterocycles. The van der Waals surface area contributed by atoms with E-state index >= 15 is 0 Å². The second kappa shape index (κ2) is 7.99. The van der Waals surface area contributed by atoms with Gasteiger partial charge in [0.05, 0.1) is 34.3 Å². The Labute approximate surface area is 144 Å². The fourth-order valence-electron chi connectivity index (χ4n) is 2.24. The van der Waals surface area contributed by atoms with Crippen LogP contribution >= 0.6 is 22.9 Å². The van der Waals surface area contributed by atoms with Crippen LogP contribution in [-0.2, 0) is 16.1 Å². The number of hydrogen-bond acceptors (Lipinski definition) is 3. The maximum Gasteiger partial charge on any atom is 0.259 e. The molecule has 2 rings (SSSR count). The van der Waals surface area contributed by atoms with E-state index in [1.165, 1.54) is 11.6 Å². The molecule has 22 heavy (non-hydrogen) atoms. The average molecular weight is 408 g/mol. The third-order valence-electron chi connectivity index (χ3n) is 3.36. The lowest BCUT2D eigenvalue weighted by molar-refractivity contribution is -0.112. The number of unbranched alkanes of at least 4 members (excludes halogenated alkanes) is 1. The number of terminal acetylenes is 1. The van der Waals surface area contributed by atoms with Crippen LogP contribution in [0, 0.1) is 12.3 Å². The van der Waals surface area contributed by atoms with Gasteiger partial charge in [0.15, 0.2) is 0 Å². The summed E-state index contributed by atoms with van der Waals surface area (Å²) >= 11 is 1.98. The number of halogens is 1. The van der Waals surface area contributed by atoms with Gasteiger partial charge in [-0.25, -0.2) is 3.11 Å². The molecule has 114 valence electrons. The summed E-state index contributed by atoms with van der Waals surface area (Å²) in [7, 11) is 0. The van der Waals surface area contributed by atoms with E-state index in [4.69, 9.17) is 11.3 Å². The highest BCUT2D eigenvalue weighted by Crippen LogP contribution is 2.29. The minimum Gasteiger partial charge on any atom is -0.396 e. The number of rotatable bonds is 6. The van der Waals surface area contributed by atoms with E-state index in [1.54, 1.807) is 3.11 Å². The number of nitrogens with zero attached hydrogens (tertiary/aromatic N) is 2. The van der Waals surface area contributed by atoms with Crippen molar-refractivity contribution in [3.8, 4) is 12.3 Å². The molecule has 0 aromatic heterocycles. The number of aryl methyl sites for hydroxylation is 1. The van der Waals surface area contributed by atoms with Gasteiger partial charge in [-0.3, -0.25) is 4.79 Å². The van der Waals surface area contributed by atoms with Crippen molar-refractivity contribution in [1.29, 1.82) is 0 Å². The molecule has 0 fully saturated rings. The van der Waals surface area contributed by atoms with Crippen molar-refractivity contribution in [2.75, 3.05) is 9.72 Å². The monoisotopic (exact) mass is 408 g/mol. The van der Waals surface area contributed by atoms with E-state index in [1.807, 2.05) is 41.1 Å². The molecule has 4 nitrogen and oxygen atoms in total.